The number of furan rings is 1. The minimum absolute atomic E-state index is 0.0176. The Kier molecular flexibility index (Phi) is 5.37. The molecule has 7 heteroatoms. The molecule has 3 amide bonds. The van der Waals surface area contributed by atoms with Crippen molar-refractivity contribution in [2.45, 2.75) is 20.0 Å². The molecule has 2 rings (SSSR count). The van der Waals surface area contributed by atoms with Crippen LogP contribution in [0, 0.1) is 6.92 Å². The standard InChI is InChI=1S/C16H19N3O4/c1-10-5-6-12(8-13(10)18-11(2)20)19-16(22)17-9-14(21)15-4-3-7-23-15/h3-8,14,21H,9H2,1-2H3,(H,18,20)(H2,17,19,22). The van der Waals surface area contributed by atoms with Crippen LogP contribution in [0.25, 0.3) is 0 Å². The van der Waals surface area contributed by atoms with Crippen molar-refractivity contribution < 1.29 is 19.1 Å². The highest BCUT2D eigenvalue weighted by Gasteiger charge is 2.12. The Morgan fingerprint density at radius 1 is 1.26 bits per heavy atom. The number of aliphatic hydroxyl groups excluding tert-OH is 1. The normalized spacial score (nSPS) is 11.6. The molecule has 1 unspecified atom stereocenters. The second-order valence-electron chi connectivity index (χ2n) is 5.08. The van der Waals surface area contributed by atoms with Gasteiger partial charge in [-0.15, -0.1) is 0 Å². The fourth-order valence-corrected chi connectivity index (χ4v) is 1.97. The van der Waals surface area contributed by atoms with Crippen molar-refractivity contribution in [3.8, 4) is 0 Å². The Hall–Kier alpha value is -2.80. The van der Waals surface area contributed by atoms with Gasteiger partial charge in [0.05, 0.1) is 12.8 Å². The average molecular weight is 317 g/mol. The summed E-state index contributed by atoms with van der Waals surface area (Å²) in [5.41, 5.74) is 2.05. The van der Waals surface area contributed by atoms with Crippen molar-refractivity contribution >= 4 is 23.3 Å². The minimum Gasteiger partial charge on any atom is -0.467 e. The predicted octanol–water partition coefficient (Wildman–Crippen LogP) is 2.40. The fraction of sp³-hybridized carbons (Fsp3) is 0.250. The molecule has 1 heterocycles. The van der Waals surface area contributed by atoms with E-state index in [1.54, 1.807) is 30.3 Å². The van der Waals surface area contributed by atoms with Crippen molar-refractivity contribution in [2.75, 3.05) is 17.2 Å². The van der Waals surface area contributed by atoms with Crippen LogP contribution in [0.4, 0.5) is 16.2 Å². The molecule has 0 aliphatic rings. The summed E-state index contributed by atoms with van der Waals surface area (Å²) in [6.07, 6.45) is 0.540. The number of hydrogen-bond acceptors (Lipinski definition) is 4. The zero-order valence-corrected chi connectivity index (χ0v) is 12.9. The van der Waals surface area contributed by atoms with Gasteiger partial charge >= 0.3 is 6.03 Å². The van der Waals surface area contributed by atoms with Gasteiger partial charge in [0.2, 0.25) is 5.91 Å². The molecule has 0 saturated heterocycles. The molecule has 0 aliphatic heterocycles. The highest BCUT2D eigenvalue weighted by atomic mass is 16.4. The lowest BCUT2D eigenvalue weighted by Crippen LogP contribution is -2.32. The molecule has 0 radical (unpaired) electrons. The van der Waals surface area contributed by atoms with Gasteiger partial charge in [-0.05, 0) is 36.8 Å². The lowest BCUT2D eigenvalue weighted by molar-refractivity contribution is -0.114. The van der Waals surface area contributed by atoms with E-state index in [-0.39, 0.29) is 12.5 Å². The topological polar surface area (TPSA) is 104 Å². The predicted molar refractivity (Wildman–Crippen MR) is 86.2 cm³/mol. The number of aryl methyl sites for hydroxylation is 1. The van der Waals surface area contributed by atoms with Crippen LogP contribution in [0.2, 0.25) is 0 Å². The first kappa shape index (κ1) is 16.6. The Bertz CT molecular complexity index is 683. The Morgan fingerprint density at radius 2 is 2.04 bits per heavy atom. The monoisotopic (exact) mass is 317 g/mol. The first-order chi connectivity index (χ1) is 11.0. The molecule has 1 aromatic heterocycles. The molecule has 2 aromatic rings. The summed E-state index contributed by atoms with van der Waals surface area (Å²) < 4.78 is 5.05. The molecule has 0 saturated carbocycles. The summed E-state index contributed by atoms with van der Waals surface area (Å²) in [7, 11) is 0. The van der Waals surface area contributed by atoms with Crippen molar-refractivity contribution in [1.82, 2.24) is 5.32 Å². The van der Waals surface area contributed by atoms with E-state index in [0.29, 0.717) is 17.1 Å². The summed E-state index contributed by atoms with van der Waals surface area (Å²) in [4.78, 5) is 23.0. The van der Waals surface area contributed by atoms with Crippen LogP contribution < -0.4 is 16.0 Å². The summed E-state index contributed by atoms with van der Waals surface area (Å²) in [5, 5.41) is 17.7. The van der Waals surface area contributed by atoms with Crippen LogP contribution in [-0.2, 0) is 4.79 Å². The third kappa shape index (κ3) is 4.86. The largest absolute Gasteiger partial charge is 0.467 e. The van der Waals surface area contributed by atoms with E-state index >= 15 is 0 Å². The molecular formula is C16H19N3O4. The van der Waals surface area contributed by atoms with Gasteiger partial charge in [-0.25, -0.2) is 4.79 Å². The minimum atomic E-state index is -0.913. The molecule has 1 atom stereocenters. The van der Waals surface area contributed by atoms with Crippen molar-refractivity contribution in [2.24, 2.45) is 0 Å². The first-order valence-electron chi connectivity index (χ1n) is 7.10. The fourth-order valence-electron chi connectivity index (χ4n) is 1.97. The van der Waals surface area contributed by atoms with Gasteiger partial charge in [-0.3, -0.25) is 4.79 Å². The lowest BCUT2D eigenvalue weighted by atomic mass is 10.2. The Balaban J connectivity index is 1.91. The van der Waals surface area contributed by atoms with E-state index in [1.807, 2.05) is 6.92 Å². The molecule has 23 heavy (non-hydrogen) atoms. The van der Waals surface area contributed by atoms with Gasteiger partial charge in [-0.1, -0.05) is 6.07 Å². The SMILES string of the molecule is CC(=O)Nc1cc(NC(=O)NCC(O)c2ccco2)ccc1C. The highest BCUT2D eigenvalue weighted by molar-refractivity contribution is 5.93. The molecule has 0 bridgehead atoms. The molecular weight excluding hydrogens is 298 g/mol. The quantitative estimate of drug-likeness (QED) is 0.680. The summed E-state index contributed by atoms with van der Waals surface area (Å²) in [6, 6.07) is 8.01. The number of nitrogens with one attached hydrogen (secondary N) is 3. The molecule has 4 N–H and O–H groups in total. The number of aliphatic hydroxyl groups is 1. The van der Waals surface area contributed by atoms with E-state index < -0.39 is 12.1 Å². The number of amides is 3. The summed E-state index contributed by atoms with van der Waals surface area (Å²) in [5.74, 6) is 0.199. The van der Waals surface area contributed by atoms with Crippen LogP contribution in [0.15, 0.2) is 41.0 Å². The number of carbonyl (C=O) groups excluding carboxylic acids is 2. The maximum Gasteiger partial charge on any atom is 0.319 e. The molecule has 7 nitrogen and oxygen atoms in total. The van der Waals surface area contributed by atoms with Gasteiger partial charge in [0.25, 0.3) is 0 Å². The molecule has 122 valence electrons. The van der Waals surface area contributed by atoms with Crippen molar-refractivity contribution in [3.05, 3.63) is 47.9 Å². The third-order valence-electron chi connectivity index (χ3n) is 3.13. The van der Waals surface area contributed by atoms with Gasteiger partial charge in [0.1, 0.15) is 11.9 Å². The van der Waals surface area contributed by atoms with Gasteiger partial charge in [0.15, 0.2) is 0 Å². The maximum atomic E-state index is 11.9. The second kappa shape index (κ2) is 7.46. The molecule has 1 aromatic carbocycles. The Labute approximate surface area is 133 Å². The molecule has 0 fully saturated rings. The van der Waals surface area contributed by atoms with Crippen molar-refractivity contribution in [1.29, 1.82) is 0 Å². The third-order valence-corrected chi connectivity index (χ3v) is 3.13. The second-order valence-corrected chi connectivity index (χ2v) is 5.08. The van der Waals surface area contributed by atoms with Gasteiger partial charge in [0, 0.05) is 18.3 Å². The van der Waals surface area contributed by atoms with E-state index in [4.69, 9.17) is 4.42 Å². The van der Waals surface area contributed by atoms with E-state index in [0.717, 1.165) is 5.56 Å². The zero-order valence-electron chi connectivity index (χ0n) is 12.9. The summed E-state index contributed by atoms with van der Waals surface area (Å²) >= 11 is 0. The average Bonchev–Trinajstić information content (AvgIpc) is 3.02. The molecule has 0 spiro atoms. The first-order valence-corrected chi connectivity index (χ1v) is 7.10. The van der Waals surface area contributed by atoms with E-state index in [1.165, 1.54) is 13.2 Å². The van der Waals surface area contributed by atoms with Crippen LogP contribution in [-0.4, -0.2) is 23.6 Å². The lowest BCUT2D eigenvalue weighted by Gasteiger charge is -2.12. The highest BCUT2D eigenvalue weighted by Crippen LogP contribution is 2.20. The number of carbonyl (C=O) groups is 2. The van der Waals surface area contributed by atoms with Crippen molar-refractivity contribution in [3.63, 3.8) is 0 Å². The van der Waals surface area contributed by atoms with Gasteiger partial charge < -0.3 is 25.5 Å². The van der Waals surface area contributed by atoms with E-state index in [9.17, 15) is 14.7 Å². The zero-order chi connectivity index (χ0) is 16.8. The van der Waals surface area contributed by atoms with Crippen LogP contribution in [0.3, 0.4) is 0 Å². The Morgan fingerprint density at radius 3 is 2.70 bits per heavy atom. The number of benzene rings is 1. The number of hydrogen-bond donors (Lipinski definition) is 4. The number of rotatable bonds is 5. The van der Waals surface area contributed by atoms with Crippen LogP contribution in [0.1, 0.15) is 24.4 Å². The van der Waals surface area contributed by atoms with Gasteiger partial charge in [-0.2, -0.15) is 0 Å². The van der Waals surface area contributed by atoms with Crippen LogP contribution in [0.5, 0.6) is 0 Å². The number of urea groups is 1. The van der Waals surface area contributed by atoms with Crippen LogP contribution >= 0.6 is 0 Å². The van der Waals surface area contributed by atoms with E-state index in [2.05, 4.69) is 16.0 Å². The smallest absolute Gasteiger partial charge is 0.319 e. The maximum absolute atomic E-state index is 11.9. The summed E-state index contributed by atoms with van der Waals surface area (Å²) in [6.45, 7) is 3.29. The molecule has 0 aliphatic carbocycles. The number of anilines is 2.